The lowest BCUT2D eigenvalue weighted by molar-refractivity contribution is 0.403. The Morgan fingerprint density at radius 1 is 1.22 bits per heavy atom. The number of rotatable bonds is 1. The third-order valence-electron chi connectivity index (χ3n) is 4.28. The van der Waals surface area contributed by atoms with Crippen LogP contribution in [0.5, 0.6) is 11.5 Å². The van der Waals surface area contributed by atoms with Crippen molar-refractivity contribution in [3.05, 3.63) is 46.5 Å². The summed E-state index contributed by atoms with van der Waals surface area (Å²) in [6, 6.07) is 9.90. The summed E-state index contributed by atoms with van der Waals surface area (Å²) in [6.07, 6.45) is 1.80. The van der Waals surface area contributed by atoms with Crippen LogP contribution < -0.4 is 4.90 Å². The average molecular weight is 399 g/mol. The molecule has 1 aliphatic rings. The minimum Gasteiger partial charge on any atom is -0.504 e. The Hall–Kier alpha value is -1.39. The number of aryl methyl sites for hydroxylation is 1. The van der Waals surface area contributed by atoms with Crippen molar-refractivity contribution in [3.63, 3.8) is 0 Å². The maximum absolute atomic E-state index is 9.97. The van der Waals surface area contributed by atoms with Gasteiger partial charge in [-0.2, -0.15) is 0 Å². The first-order valence-electron chi connectivity index (χ1n) is 7.55. The van der Waals surface area contributed by atoms with Crippen molar-refractivity contribution in [1.29, 1.82) is 0 Å². The summed E-state index contributed by atoms with van der Waals surface area (Å²) in [6.45, 7) is 5.13. The fraction of sp³-hybridized carbons (Fsp3) is 0.333. The van der Waals surface area contributed by atoms with E-state index < -0.39 is 0 Å². The Morgan fingerprint density at radius 3 is 2.65 bits per heavy atom. The largest absolute Gasteiger partial charge is 0.504 e. The van der Waals surface area contributed by atoms with Crippen LogP contribution in [0, 0.1) is 12.8 Å². The second-order valence-corrected chi connectivity index (χ2v) is 6.53. The number of anilines is 2. The fourth-order valence-electron chi connectivity index (χ4n) is 3.06. The van der Waals surface area contributed by atoms with Gasteiger partial charge in [0.2, 0.25) is 0 Å². The van der Waals surface area contributed by atoms with Crippen molar-refractivity contribution in [1.82, 2.24) is 0 Å². The first-order chi connectivity index (χ1) is 10.5. The van der Waals surface area contributed by atoms with Crippen LogP contribution in [0.2, 0.25) is 5.02 Å². The summed E-state index contributed by atoms with van der Waals surface area (Å²) in [5, 5.41) is 20.2. The predicted octanol–water partition coefficient (Wildman–Crippen LogP) is 5.36. The van der Waals surface area contributed by atoms with Crippen LogP contribution in [-0.4, -0.2) is 16.8 Å². The SMILES string of the molecule is Br.Cc1cccc(N2CC(C)CCc3c2cc(O)c(O)c3Cl)c1. The lowest BCUT2D eigenvalue weighted by atomic mass is 10.0. The molecule has 0 saturated heterocycles. The summed E-state index contributed by atoms with van der Waals surface area (Å²) >= 11 is 6.28. The standard InChI is InChI=1S/C18H20ClNO2.BrH/c1-11-4-3-5-13(8-11)20-10-12(2)6-7-14-15(20)9-16(21)18(22)17(14)19;/h3-5,8-9,12,21-22H,6-7,10H2,1-2H3;1H. The first kappa shape index (κ1) is 18.0. The van der Waals surface area contributed by atoms with E-state index in [9.17, 15) is 10.2 Å². The van der Waals surface area contributed by atoms with E-state index in [0.29, 0.717) is 5.92 Å². The number of halogens is 2. The number of phenolic OH excluding ortho intramolecular Hbond substituents is 2. The zero-order valence-corrected chi connectivity index (χ0v) is 15.7. The van der Waals surface area contributed by atoms with E-state index in [1.54, 1.807) is 6.07 Å². The molecule has 0 bridgehead atoms. The molecule has 124 valence electrons. The molecule has 0 spiro atoms. The van der Waals surface area contributed by atoms with Gasteiger partial charge < -0.3 is 15.1 Å². The highest BCUT2D eigenvalue weighted by molar-refractivity contribution is 8.93. The second-order valence-electron chi connectivity index (χ2n) is 6.15. The summed E-state index contributed by atoms with van der Waals surface area (Å²) in [5.74, 6) is 0.100. The molecule has 2 N–H and O–H groups in total. The molecular formula is C18H21BrClNO2. The van der Waals surface area contributed by atoms with Gasteiger partial charge in [0.15, 0.2) is 11.5 Å². The molecule has 0 aliphatic carbocycles. The Balaban J connectivity index is 0.00000192. The van der Waals surface area contributed by atoms with Crippen molar-refractivity contribution in [3.8, 4) is 11.5 Å². The number of hydrogen-bond acceptors (Lipinski definition) is 3. The van der Waals surface area contributed by atoms with E-state index in [1.807, 2.05) is 6.07 Å². The fourth-order valence-corrected chi connectivity index (χ4v) is 3.35. The van der Waals surface area contributed by atoms with Gasteiger partial charge in [-0.3, -0.25) is 0 Å². The van der Waals surface area contributed by atoms with E-state index in [0.717, 1.165) is 36.3 Å². The van der Waals surface area contributed by atoms with E-state index >= 15 is 0 Å². The van der Waals surface area contributed by atoms with Gasteiger partial charge in [-0.15, -0.1) is 17.0 Å². The molecule has 3 rings (SSSR count). The van der Waals surface area contributed by atoms with E-state index in [1.165, 1.54) is 5.56 Å². The molecule has 2 aromatic rings. The van der Waals surface area contributed by atoms with Crippen molar-refractivity contribution < 1.29 is 10.2 Å². The third kappa shape index (κ3) is 3.43. The lowest BCUT2D eigenvalue weighted by Crippen LogP contribution is -2.22. The molecule has 1 heterocycles. The Bertz CT molecular complexity index is 720. The van der Waals surface area contributed by atoms with Gasteiger partial charge in [-0.25, -0.2) is 0 Å². The molecule has 0 saturated carbocycles. The maximum atomic E-state index is 9.97. The Kier molecular flexibility index (Phi) is 5.48. The highest BCUT2D eigenvalue weighted by atomic mass is 79.9. The quantitative estimate of drug-likeness (QED) is 0.636. The van der Waals surface area contributed by atoms with Crippen molar-refractivity contribution in [2.45, 2.75) is 26.7 Å². The smallest absolute Gasteiger partial charge is 0.176 e. The summed E-state index contributed by atoms with van der Waals surface area (Å²) in [7, 11) is 0. The molecule has 1 aliphatic heterocycles. The zero-order valence-electron chi connectivity index (χ0n) is 13.2. The molecule has 23 heavy (non-hydrogen) atoms. The second kappa shape index (κ2) is 7.02. The van der Waals surface area contributed by atoms with Crippen LogP contribution in [0.25, 0.3) is 0 Å². The van der Waals surface area contributed by atoms with Crippen molar-refractivity contribution in [2.24, 2.45) is 5.92 Å². The van der Waals surface area contributed by atoms with Gasteiger partial charge in [0.05, 0.1) is 5.02 Å². The Labute approximate surface area is 152 Å². The predicted molar refractivity (Wildman–Crippen MR) is 101 cm³/mol. The number of nitrogens with zero attached hydrogens (tertiary/aromatic N) is 1. The summed E-state index contributed by atoms with van der Waals surface area (Å²) in [5.41, 5.74) is 4.05. The Morgan fingerprint density at radius 2 is 1.96 bits per heavy atom. The zero-order chi connectivity index (χ0) is 15.9. The number of aromatic hydroxyl groups is 2. The maximum Gasteiger partial charge on any atom is 0.176 e. The molecule has 2 aromatic carbocycles. The molecule has 1 unspecified atom stereocenters. The number of phenols is 2. The van der Waals surface area contributed by atoms with E-state index in [4.69, 9.17) is 11.6 Å². The summed E-state index contributed by atoms with van der Waals surface area (Å²) in [4.78, 5) is 2.19. The number of benzene rings is 2. The van der Waals surface area contributed by atoms with Gasteiger partial charge in [-0.1, -0.05) is 30.7 Å². The van der Waals surface area contributed by atoms with Crippen molar-refractivity contribution in [2.75, 3.05) is 11.4 Å². The van der Waals surface area contributed by atoms with Crippen LogP contribution in [0.3, 0.4) is 0 Å². The highest BCUT2D eigenvalue weighted by Crippen LogP contribution is 2.45. The molecule has 0 radical (unpaired) electrons. The van der Waals surface area contributed by atoms with Gasteiger partial charge >= 0.3 is 0 Å². The van der Waals surface area contributed by atoms with E-state index in [-0.39, 0.29) is 33.5 Å². The molecule has 0 amide bonds. The molecule has 0 aromatic heterocycles. The van der Waals surface area contributed by atoms with Crippen LogP contribution in [0.4, 0.5) is 11.4 Å². The highest BCUT2D eigenvalue weighted by Gasteiger charge is 2.25. The van der Waals surface area contributed by atoms with E-state index in [2.05, 4.69) is 36.9 Å². The number of fused-ring (bicyclic) bond motifs is 1. The molecule has 1 atom stereocenters. The normalized spacial score (nSPS) is 17.2. The van der Waals surface area contributed by atoms with Crippen LogP contribution in [-0.2, 0) is 6.42 Å². The lowest BCUT2D eigenvalue weighted by Gasteiger charge is -2.28. The topological polar surface area (TPSA) is 43.7 Å². The van der Waals surface area contributed by atoms with Gasteiger partial charge in [0, 0.05) is 24.0 Å². The average Bonchev–Trinajstić information content (AvgIpc) is 2.65. The van der Waals surface area contributed by atoms with Crippen LogP contribution in [0.1, 0.15) is 24.5 Å². The first-order valence-corrected chi connectivity index (χ1v) is 7.92. The minimum absolute atomic E-state index is 0. The third-order valence-corrected chi connectivity index (χ3v) is 4.69. The van der Waals surface area contributed by atoms with Crippen LogP contribution in [0.15, 0.2) is 30.3 Å². The summed E-state index contributed by atoms with van der Waals surface area (Å²) < 4.78 is 0. The van der Waals surface area contributed by atoms with Gasteiger partial charge in [0.1, 0.15) is 0 Å². The number of hydrogen-bond donors (Lipinski definition) is 2. The van der Waals surface area contributed by atoms with Crippen molar-refractivity contribution >= 4 is 40.0 Å². The van der Waals surface area contributed by atoms with Crippen LogP contribution >= 0.6 is 28.6 Å². The molecule has 3 nitrogen and oxygen atoms in total. The molecular weight excluding hydrogens is 378 g/mol. The van der Waals surface area contributed by atoms with Gasteiger partial charge in [-0.05, 0) is 48.9 Å². The molecule has 5 heteroatoms. The monoisotopic (exact) mass is 397 g/mol. The molecule has 0 fully saturated rings. The van der Waals surface area contributed by atoms with Gasteiger partial charge in [0.25, 0.3) is 0 Å². The minimum atomic E-state index is -0.223.